The van der Waals surface area contributed by atoms with Crippen LogP contribution in [0.3, 0.4) is 0 Å². The highest BCUT2D eigenvalue weighted by Gasteiger charge is 2.32. The molecule has 0 aliphatic heterocycles. The molecule has 1 aromatic heterocycles. The van der Waals surface area contributed by atoms with Crippen LogP contribution in [0.5, 0.6) is 5.75 Å². The average molecular weight is 378 g/mol. The fourth-order valence-corrected chi connectivity index (χ4v) is 4.70. The van der Waals surface area contributed by atoms with Crippen LogP contribution < -0.4 is 4.74 Å². The molecule has 1 aromatic carbocycles. The van der Waals surface area contributed by atoms with Crippen LogP contribution in [0.15, 0.2) is 29.3 Å². The number of thiophene rings is 1. The molecule has 0 radical (unpaired) electrons. The fourth-order valence-electron chi connectivity index (χ4n) is 3.47. The Kier molecular flexibility index (Phi) is 5.63. The zero-order valence-corrected chi connectivity index (χ0v) is 16.8. The van der Waals surface area contributed by atoms with E-state index in [9.17, 15) is 5.26 Å². The summed E-state index contributed by atoms with van der Waals surface area (Å²) in [4.78, 5) is 5.92. The lowest BCUT2D eigenvalue weighted by Crippen LogP contribution is -2.26. The van der Waals surface area contributed by atoms with Gasteiger partial charge in [0.1, 0.15) is 22.9 Å². The van der Waals surface area contributed by atoms with Crippen LogP contribution >= 0.6 is 11.3 Å². The number of aliphatic imine (C=N–C) groups is 1. The van der Waals surface area contributed by atoms with Crippen LogP contribution in [-0.4, -0.2) is 12.8 Å². The third-order valence-corrected chi connectivity index (χ3v) is 6.28. The molecule has 0 N–H and O–H groups in total. The summed E-state index contributed by atoms with van der Waals surface area (Å²) in [5.41, 5.74) is 2.98. The molecule has 1 aliphatic carbocycles. The molecule has 0 spiro atoms. The molecule has 138 valence electrons. The molecule has 27 heavy (non-hydrogen) atoms. The van der Waals surface area contributed by atoms with E-state index in [1.807, 2.05) is 30.3 Å². The molecule has 5 heteroatoms. The second-order valence-electron chi connectivity index (χ2n) is 7.84. The minimum atomic E-state index is -0.00418. The Morgan fingerprint density at radius 3 is 2.78 bits per heavy atom. The predicted molar refractivity (Wildman–Crippen MR) is 109 cm³/mol. The van der Waals surface area contributed by atoms with Gasteiger partial charge in [-0.1, -0.05) is 32.9 Å². The van der Waals surface area contributed by atoms with E-state index < -0.39 is 0 Å². The topological polar surface area (TPSA) is 69.2 Å². The van der Waals surface area contributed by atoms with Gasteiger partial charge in [0.15, 0.2) is 6.61 Å². The summed E-state index contributed by atoms with van der Waals surface area (Å²) >= 11 is 1.64. The van der Waals surface area contributed by atoms with Crippen molar-refractivity contribution in [3.63, 3.8) is 0 Å². The van der Waals surface area contributed by atoms with E-state index in [-0.39, 0.29) is 12.0 Å². The molecule has 1 aliphatic rings. The number of fused-ring (bicyclic) bond motifs is 1. The minimum Gasteiger partial charge on any atom is -0.478 e. The average Bonchev–Trinajstić information content (AvgIpc) is 3.01. The smallest absolute Gasteiger partial charge is 0.174 e. The first-order chi connectivity index (χ1) is 12.9. The van der Waals surface area contributed by atoms with Crippen molar-refractivity contribution >= 4 is 22.6 Å². The lowest BCUT2D eigenvalue weighted by Gasteiger charge is -2.33. The van der Waals surface area contributed by atoms with Gasteiger partial charge in [0, 0.05) is 16.7 Å². The van der Waals surface area contributed by atoms with E-state index in [0.29, 0.717) is 17.2 Å². The summed E-state index contributed by atoms with van der Waals surface area (Å²) < 4.78 is 5.45. The van der Waals surface area contributed by atoms with Gasteiger partial charge in [-0.2, -0.15) is 10.5 Å². The molecule has 0 unspecified atom stereocenters. The largest absolute Gasteiger partial charge is 0.478 e. The van der Waals surface area contributed by atoms with E-state index in [2.05, 4.69) is 31.8 Å². The van der Waals surface area contributed by atoms with Crippen molar-refractivity contribution in [1.82, 2.24) is 0 Å². The van der Waals surface area contributed by atoms with Crippen LogP contribution in [0.4, 0.5) is 5.00 Å². The van der Waals surface area contributed by atoms with E-state index in [1.165, 1.54) is 10.4 Å². The summed E-state index contributed by atoms with van der Waals surface area (Å²) in [5.74, 6) is 1.25. The number of benzene rings is 1. The molecule has 1 heterocycles. The first-order valence-electron chi connectivity index (χ1n) is 9.11. The second kappa shape index (κ2) is 7.94. The summed E-state index contributed by atoms with van der Waals surface area (Å²) in [6.07, 6.45) is 4.82. The second-order valence-corrected chi connectivity index (χ2v) is 8.93. The Morgan fingerprint density at radius 2 is 2.07 bits per heavy atom. The van der Waals surface area contributed by atoms with Crippen molar-refractivity contribution < 1.29 is 4.74 Å². The maximum Gasteiger partial charge on any atom is 0.174 e. The van der Waals surface area contributed by atoms with Crippen molar-refractivity contribution in [2.75, 3.05) is 6.61 Å². The van der Waals surface area contributed by atoms with Crippen LogP contribution in [-0.2, 0) is 12.8 Å². The molecule has 1 atom stereocenters. The highest BCUT2D eigenvalue weighted by Crippen LogP contribution is 2.44. The number of hydrogen-bond donors (Lipinski definition) is 0. The first kappa shape index (κ1) is 19.1. The number of rotatable bonds is 4. The summed E-state index contributed by atoms with van der Waals surface area (Å²) in [6.45, 7) is 6.87. The Morgan fingerprint density at radius 1 is 1.30 bits per heavy atom. The maximum absolute atomic E-state index is 9.68. The van der Waals surface area contributed by atoms with Gasteiger partial charge in [0.2, 0.25) is 0 Å². The van der Waals surface area contributed by atoms with Gasteiger partial charge in [-0.3, -0.25) is 0 Å². The molecular formula is C22H23N3OS. The van der Waals surface area contributed by atoms with Gasteiger partial charge in [0.25, 0.3) is 0 Å². The highest BCUT2D eigenvalue weighted by atomic mass is 32.1. The van der Waals surface area contributed by atoms with Gasteiger partial charge in [-0.25, -0.2) is 4.99 Å². The Hall–Kier alpha value is -2.63. The van der Waals surface area contributed by atoms with Crippen LogP contribution in [0.2, 0.25) is 0 Å². The molecule has 3 rings (SSSR count). The molecule has 0 bridgehead atoms. The van der Waals surface area contributed by atoms with Crippen molar-refractivity contribution in [3.8, 4) is 17.9 Å². The molecule has 0 amide bonds. The summed E-state index contributed by atoms with van der Waals surface area (Å²) in [7, 11) is 0. The van der Waals surface area contributed by atoms with E-state index in [1.54, 1.807) is 17.6 Å². The number of nitrogens with zero attached hydrogens (tertiary/aromatic N) is 3. The Bertz CT molecular complexity index is 938. The van der Waals surface area contributed by atoms with Gasteiger partial charge in [0.05, 0.1) is 5.56 Å². The number of hydrogen-bond acceptors (Lipinski definition) is 5. The van der Waals surface area contributed by atoms with Crippen LogP contribution in [0.1, 0.15) is 48.8 Å². The third kappa shape index (κ3) is 4.21. The predicted octanol–water partition coefficient (Wildman–Crippen LogP) is 5.42. The van der Waals surface area contributed by atoms with E-state index in [4.69, 9.17) is 10.00 Å². The third-order valence-electron chi connectivity index (χ3n) is 5.12. The van der Waals surface area contributed by atoms with E-state index in [0.717, 1.165) is 29.8 Å². The molecule has 0 fully saturated rings. The van der Waals surface area contributed by atoms with Gasteiger partial charge in [-0.05, 0) is 48.3 Å². The first-order valence-corrected chi connectivity index (χ1v) is 9.93. The van der Waals surface area contributed by atoms with Gasteiger partial charge >= 0.3 is 0 Å². The van der Waals surface area contributed by atoms with Crippen molar-refractivity contribution in [3.05, 3.63) is 45.8 Å². The zero-order valence-electron chi connectivity index (χ0n) is 16.0. The quantitative estimate of drug-likeness (QED) is 0.668. The number of nitriles is 2. The lowest BCUT2D eigenvalue weighted by atomic mass is 9.72. The molecule has 0 saturated heterocycles. The van der Waals surface area contributed by atoms with Gasteiger partial charge in [-0.15, -0.1) is 11.3 Å². The van der Waals surface area contributed by atoms with Gasteiger partial charge < -0.3 is 4.74 Å². The number of ether oxygens (including phenoxy) is 1. The minimum absolute atomic E-state index is 0.00418. The summed E-state index contributed by atoms with van der Waals surface area (Å²) in [6, 6.07) is 11.8. The Labute approximate surface area is 164 Å². The van der Waals surface area contributed by atoms with Crippen molar-refractivity contribution in [2.24, 2.45) is 16.3 Å². The molecule has 0 saturated carbocycles. The molecular weight excluding hydrogens is 354 g/mol. The van der Waals surface area contributed by atoms with Crippen molar-refractivity contribution in [2.45, 2.75) is 40.0 Å². The van der Waals surface area contributed by atoms with Crippen molar-refractivity contribution in [1.29, 1.82) is 10.5 Å². The summed E-state index contributed by atoms with van der Waals surface area (Å²) in [5, 5.41) is 19.2. The van der Waals surface area contributed by atoms with Crippen LogP contribution in [0.25, 0.3) is 0 Å². The fraction of sp³-hybridized carbons (Fsp3) is 0.409. The monoisotopic (exact) mass is 377 g/mol. The van der Waals surface area contributed by atoms with Crippen LogP contribution in [0, 0.1) is 34.0 Å². The van der Waals surface area contributed by atoms with E-state index >= 15 is 0 Å². The highest BCUT2D eigenvalue weighted by molar-refractivity contribution is 7.16. The number of para-hydroxylation sites is 1. The Balaban J connectivity index is 1.89. The standard InChI is InChI=1S/C22H23N3OS/c1-22(2,3)16-8-9-17-18(13-24)21(27-20(17)12-16)25-14-15-6-4-5-7-19(15)26-11-10-23/h4-7,14,16H,8-9,11-12H2,1-3H3/t16-/m0/s1. The molecule has 2 aromatic rings. The SMILES string of the molecule is CC(C)(C)[C@H]1CCc2c(sc(N=Cc3ccccc3OCC#N)c2C#N)C1. The zero-order chi connectivity index (χ0) is 19.4. The normalized spacial score (nSPS) is 16.6. The lowest BCUT2D eigenvalue weighted by molar-refractivity contribution is 0.218. The maximum atomic E-state index is 9.68. The molecule has 4 nitrogen and oxygen atoms in total.